The van der Waals surface area contributed by atoms with Crippen LogP contribution in [-0.2, 0) is 9.53 Å². The third kappa shape index (κ3) is 3.03. The third-order valence-corrected chi connectivity index (χ3v) is 2.76. The van der Waals surface area contributed by atoms with Crippen LogP contribution in [0.15, 0.2) is 30.3 Å². The van der Waals surface area contributed by atoms with Gasteiger partial charge in [0.15, 0.2) is 5.78 Å². The summed E-state index contributed by atoms with van der Waals surface area (Å²) in [6, 6.07) is 7.26. The Morgan fingerprint density at radius 3 is 2.41 bits per heavy atom. The van der Waals surface area contributed by atoms with Crippen molar-refractivity contribution in [3.05, 3.63) is 41.5 Å². The highest BCUT2D eigenvalue weighted by Gasteiger charge is 2.30. The summed E-state index contributed by atoms with van der Waals surface area (Å²) in [4.78, 5) is 22.6. The first-order valence-electron chi connectivity index (χ1n) is 5.61. The average Bonchev–Trinajstić information content (AvgIpc) is 3.20. The van der Waals surface area contributed by atoms with Gasteiger partial charge in [-0.3, -0.25) is 4.79 Å². The first-order chi connectivity index (χ1) is 8.20. The Hall–Kier alpha value is -1.90. The molecule has 0 aliphatic heterocycles. The van der Waals surface area contributed by atoms with Crippen LogP contribution in [0.5, 0.6) is 0 Å². The number of Topliss-reactive ketones (excluding diaryl/α,β-unsaturated/α-hetero) is 1. The van der Waals surface area contributed by atoms with Crippen molar-refractivity contribution in [3.8, 4) is 0 Å². The second kappa shape index (κ2) is 4.95. The number of ketones is 1. The highest BCUT2D eigenvalue weighted by molar-refractivity contribution is 5.99. The number of benzene rings is 1. The standard InChI is InChI=1S/C14H14O3/c1-17-13(15)9-4-10-2-5-11(6-3-10)14(16)12-7-8-12/h2-6,9,12H,7-8H2,1H3. The van der Waals surface area contributed by atoms with Gasteiger partial charge in [-0.25, -0.2) is 4.79 Å². The van der Waals surface area contributed by atoms with E-state index >= 15 is 0 Å². The van der Waals surface area contributed by atoms with E-state index in [9.17, 15) is 9.59 Å². The summed E-state index contributed by atoms with van der Waals surface area (Å²) in [5.41, 5.74) is 1.63. The molecule has 2 rings (SSSR count). The van der Waals surface area contributed by atoms with Crippen molar-refractivity contribution >= 4 is 17.8 Å². The maximum atomic E-state index is 11.7. The second-order valence-electron chi connectivity index (χ2n) is 4.12. The summed E-state index contributed by atoms with van der Waals surface area (Å²) in [5.74, 6) is 0.0862. The van der Waals surface area contributed by atoms with Gasteiger partial charge in [0.2, 0.25) is 0 Å². The maximum absolute atomic E-state index is 11.7. The van der Waals surface area contributed by atoms with Crippen LogP contribution in [0.4, 0.5) is 0 Å². The molecular weight excluding hydrogens is 216 g/mol. The predicted molar refractivity (Wildman–Crippen MR) is 64.5 cm³/mol. The molecule has 0 aromatic heterocycles. The van der Waals surface area contributed by atoms with Crippen LogP contribution < -0.4 is 0 Å². The van der Waals surface area contributed by atoms with Crippen molar-refractivity contribution in [1.82, 2.24) is 0 Å². The molecule has 0 radical (unpaired) electrons. The van der Waals surface area contributed by atoms with Gasteiger partial charge in [0.05, 0.1) is 7.11 Å². The molecular formula is C14H14O3. The van der Waals surface area contributed by atoms with E-state index < -0.39 is 0 Å². The summed E-state index contributed by atoms with van der Waals surface area (Å²) >= 11 is 0. The van der Waals surface area contributed by atoms with E-state index in [0.717, 1.165) is 24.0 Å². The van der Waals surface area contributed by atoms with Crippen LogP contribution in [0, 0.1) is 5.92 Å². The van der Waals surface area contributed by atoms with Crippen molar-refractivity contribution in [1.29, 1.82) is 0 Å². The van der Waals surface area contributed by atoms with Gasteiger partial charge in [-0.05, 0) is 24.5 Å². The van der Waals surface area contributed by atoms with E-state index in [0.29, 0.717) is 0 Å². The van der Waals surface area contributed by atoms with Crippen LogP contribution in [0.25, 0.3) is 6.08 Å². The summed E-state index contributed by atoms with van der Waals surface area (Å²) in [5, 5.41) is 0. The molecule has 1 aromatic rings. The molecule has 1 fully saturated rings. The fourth-order valence-electron chi connectivity index (χ4n) is 1.57. The Kier molecular flexibility index (Phi) is 3.38. The quantitative estimate of drug-likeness (QED) is 0.453. The average molecular weight is 230 g/mol. The molecule has 0 saturated heterocycles. The van der Waals surface area contributed by atoms with Gasteiger partial charge in [0.1, 0.15) is 0 Å². The van der Waals surface area contributed by atoms with Crippen molar-refractivity contribution in [3.63, 3.8) is 0 Å². The zero-order valence-electron chi connectivity index (χ0n) is 9.68. The molecule has 1 aliphatic carbocycles. The van der Waals surface area contributed by atoms with Crippen molar-refractivity contribution in [2.45, 2.75) is 12.8 Å². The number of hydrogen-bond acceptors (Lipinski definition) is 3. The van der Waals surface area contributed by atoms with Crippen molar-refractivity contribution in [2.75, 3.05) is 7.11 Å². The van der Waals surface area contributed by atoms with Crippen LogP contribution in [-0.4, -0.2) is 18.9 Å². The highest BCUT2D eigenvalue weighted by Crippen LogP contribution is 2.32. The summed E-state index contributed by atoms with van der Waals surface area (Å²) in [6.07, 6.45) is 5.06. The fraction of sp³-hybridized carbons (Fsp3) is 0.286. The largest absolute Gasteiger partial charge is 0.466 e. The van der Waals surface area contributed by atoms with E-state index in [2.05, 4.69) is 4.74 Å². The summed E-state index contributed by atoms with van der Waals surface area (Å²) in [6.45, 7) is 0. The van der Waals surface area contributed by atoms with Gasteiger partial charge >= 0.3 is 5.97 Å². The van der Waals surface area contributed by atoms with Gasteiger partial charge in [-0.15, -0.1) is 0 Å². The fourth-order valence-corrected chi connectivity index (χ4v) is 1.57. The topological polar surface area (TPSA) is 43.4 Å². The molecule has 0 bridgehead atoms. The second-order valence-corrected chi connectivity index (χ2v) is 4.12. The van der Waals surface area contributed by atoms with E-state index in [1.54, 1.807) is 18.2 Å². The van der Waals surface area contributed by atoms with Gasteiger partial charge in [0.25, 0.3) is 0 Å². The predicted octanol–water partition coefficient (Wildman–Crippen LogP) is 2.47. The van der Waals surface area contributed by atoms with E-state index in [1.807, 2.05) is 12.1 Å². The molecule has 1 aromatic carbocycles. The summed E-state index contributed by atoms with van der Waals surface area (Å²) < 4.78 is 4.49. The minimum Gasteiger partial charge on any atom is -0.466 e. The van der Waals surface area contributed by atoms with E-state index in [-0.39, 0.29) is 17.7 Å². The Bertz CT molecular complexity index is 453. The molecule has 0 N–H and O–H groups in total. The van der Waals surface area contributed by atoms with E-state index in [1.165, 1.54) is 13.2 Å². The molecule has 1 saturated carbocycles. The number of esters is 1. The Balaban J connectivity index is 2.04. The third-order valence-electron chi connectivity index (χ3n) is 2.76. The Morgan fingerprint density at radius 1 is 1.24 bits per heavy atom. The minimum atomic E-state index is -0.386. The molecule has 0 unspecified atom stereocenters. The molecule has 0 spiro atoms. The zero-order valence-corrected chi connectivity index (χ0v) is 9.68. The number of ether oxygens (including phenoxy) is 1. The molecule has 3 heteroatoms. The molecule has 17 heavy (non-hydrogen) atoms. The molecule has 88 valence electrons. The van der Waals surface area contributed by atoms with Gasteiger partial charge < -0.3 is 4.74 Å². The maximum Gasteiger partial charge on any atom is 0.330 e. The monoisotopic (exact) mass is 230 g/mol. The lowest BCUT2D eigenvalue weighted by Crippen LogP contribution is -2.00. The molecule has 0 heterocycles. The molecule has 0 atom stereocenters. The highest BCUT2D eigenvalue weighted by atomic mass is 16.5. The first-order valence-corrected chi connectivity index (χ1v) is 5.61. The Labute approximate surface area is 100 Å². The zero-order chi connectivity index (χ0) is 12.3. The van der Waals surface area contributed by atoms with Gasteiger partial charge in [0, 0.05) is 17.6 Å². The lowest BCUT2D eigenvalue weighted by molar-refractivity contribution is -0.134. The Morgan fingerprint density at radius 2 is 1.88 bits per heavy atom. The number of carbonyl (C=O) groups is 2. The van der Waals surface area contributed by atoms with Gasteiger partial charge in [-0.1, -0.05) is 24.3 Å². The van der Waals surface area contributed by atoms with Crippen molar-refractivity contribution < 1.29 is 14.3 Å². The van der Waals surface area contributed by atoms with Crippen LogP contribution in [0.2, 0.25) is 0 Å². The lowest BCUT2D eigenvalue weighted by Gasteiger charge is -1.99. The number of methoxy groups -OCH3 is 1. The molecule has 3 nitrogen and oxygen atoms in total. The van der Waals surface area contributed by atoms with Crippen LogP contribution >= 0.6 is 0 Å². The number of rotatable bonds is 4. The first kappa shape index (κ1) is 11.6. The van der Waals surface area contributed by atoms with Gasteiger partial charge in [-0.2, -0.15) is 0 Å². The number of carbonyl (C=O) groups excluding carboxylic acids is 2. The normalized spacial score (nSPS) is 14.9. The minimum absolute atomic E-state index is 0.230. The van der Waals surface area contributed by atoms with Crippen LogP contribution in [0.3, 0.4) is 0 Å². The van der Waals surface area contributed by atoms with Crippen LogP contribution in [0.1, 0.15) is 28.8 Å². The smallest absolute Gasteiger partial charge is 0.330 e. The SMILES string of the molecule is COC(=O)C=Cc1ccc(C(=O)C2CC2)cc1. The molecule has 1 aliphatic rings. The van der Waals surface area contributed by atoms with E-state index in [4.69, 9.17) is 0 Å². The molecule has 0 amide bonds. The lowest BCUT2D eigenvalue weighted by atomic mass is 10.1. The summed E-state index contributed by atoms with van der Waals surface area (Å²) in [7, 11) is 1.34. The number of hydrogen-bond donors (Lipinski definition) is 0. The van der Waals surface area contributed by atoms with Crippen molar-refractivity contribution in [2.24, 2.45) is 5.92 Å².